The fourth-order valence-electron chi connectivity index (χ4n) is 2.62. The number of nitrogens with zero attached hydrogens (tertiary/aromatic N) is 1. The van der Waals surface area contributed by atoms with Gasteiger partial charge in [-0.15, -0.1) is 0 Å². The summed E-state index contributed by atoms with van der Waals surface area (Å²) >= 11 is 0. The van der Waals surface area contributed by atoms with Crippen molar-refractivity contribution < 1.29 is 14.3 Å². The van der Waals surface area contributed by atoms with Crippen LogP contribution in [0.3, 0.4) is 0 Å². The number of hydrogen-bond acceptors (Lipinski definition) is 3. The quantitative estimate of drug-likeness (QED) is 0.842. The van der Waals surface area contributed by atoms with Gasteiger partial charge in [-0.25, -0.2) is 4.79 Å². The minimum absolute atomic E-state index is 0.0867. The Morgan fingerprint density at radius 1 is 1.50 bits per heavy atom. The molecule has 2 heterocycles. The highest BCUT2D eigenvalue weighted by Crippen LogP contribution is 2.38. The molecule has 0 bridgehead atoms. The predicted octanol–water partition coefficient (Wildman–Crippen LogP) is 2.83. The number of esters is 1. The number of carbonyl (C=O) groups is 2. The molecular weight excluding hydrogens is 256 g/mol. The second kappa shape index (κ2) is 6.11. The predicted molar refractivity (Wildman–Crippen MR) is 77.0 cm³/mol. The van der Waals surface area contributed by atoms with E-state index in [1.165, 1.54) is 0 Å². The van der Waals surface area contributed by atoms with Crippen molar-refractivity contribution in [2.24, 2.45) is 0 Å². The van der Waals surface area contributed by atoms with E-state index in [9.17, 15) is 9.59 Å². The first kappa shape index (κ1) is 14.6. The molecule has 0 aromatic carbocycles. The third-order valence-electron chi connectivity index (χ3n) is 3.68. The Morgan fingerprint density at radius 2 is 2.25 bits per heavy atom. The summed E-state index contributed by atoms with van der Waals surface area (Å²) in [5.74, 6) is -0.171. The van der Waals surface area contributed by atoms with E-state index in [2.05, 4.69) is 11.9 Å². The number of unbranched alkanes of at least 4 members (excludes halogenated alkanes) is 1. The first-order valence-electron chi connectivity index (χ1n) is 7.28. The van der Waals surface area contributed by atoms with Crippen LogP contribution in [0.2, 0.25) is 0 Å². The van der Waals surface area contributed by atoms with E-state index < -0.39 is 5.97 Å². The highest BCUT2D eigenvalue weighted by molar-refractivity contribution is 6.04. The molecule has 20 heavy (non-hydrogen) atoms. The lowest BCUT2D eigenvalue weighted by molar-refractivity contribution is -0.119. The molecule has 1 amide bonds. The maximum Gasteiger partial charge on any atom is 0.356 e. The second-order valence-electron chi connectivity index (χ2n) is 5.19. The summed E-state index contributed by atoms with van der Waals surface area (Å²) in [6.45, 7) is 6.85. The number of amides is 1. The van der Waals surface area contributed by atoms with Crippen LogP contribution in [0, 0.1) is 0 Å². The summed E-state index contributed by atoms with van der Waals surface area (Å²) in [5, 5.41) is 0. The Hall–Kier alpha value is -1.78. The molecule has 1 atom stereocenters. The van der Waals surface area contributed by atoms with E-state index in [1.807, 2.05) is 13.1 Å². The van der Waals surface area contributed by atoms with Crippen LogP contribution in [0.5, 0.6) is 0 Å². The monoisotopic (exact) mass is 278 g/mol. The molecular formula is C15H22N2O3. The van der Waals surface area contributed by atoms with Crippen LogP contribution < -0.4 is 4.90 Å². The summed E-state index contributed by atoms with van der Waals surface area (Å²) < 4.78 is 5.07. The smallest absolute Gasteiger partial charge is 0.356 e. The SMILES string of the molecule is CCCCN1C(=O)CC(C)c2c[nH]c(C(=O)OCC)c21. The molecule has 0 spiro atoms. The molecule has 0 saturated carbocycles. The molecule has 0 fully saturated rings. The van der Waals surface area contributed by atoms with Gasteiger partial charge in [-0.1, -0.05) is 20.3 Å². The Bertz CT molecular complexity index is 507. The maximum atomic E-state index is 12.3. The highest BCUT2D eigenvalue weighted by atomic mass is 16.5. The van der Waals surface area contributed by atoms with Crippen molar-refractivity contribution in [3.05, 3.63) is 17.5 Å². The fraction of sp³-hybridized carbons (Fsp3) is 0.600. The summed E-state index contributed by atoms with van der Waals surface area (Å²) in [7, 11) is 0. The van der Waals surface area contributed by atoms with Gasteiger partial charge in [-0.3, -0.25) is 4.79 Å². The van der Waals surface area contributed by atoms with Crippen LogP contribution in [-0.4, -0.2) is 30.0 Å². The average Bonchev–Trinajstić information content (AvgIpc) is 2.84. The van der Waals surface area contributed by atoms with E-state index >= 15 is 0 Å². The fourth-order valence-corrected chi connectivity index (χ4v) is 2.62. The number of aromatic nitrogens is 1. The normalized spacial score (nSPS) is 18.1. The number of fused-ring (bicyclic) bond motifs is 1. The third-order valence-corrected chi connectivity index (χ3v) is 3.68. The van der Waals surface area contributed by atoms with Gasteiger partial charge in [0.1, 0.15) is 5.69 Å². The van der Waals surface area contributed by atoms with Crippen molar-refractivity contribution in [3.63, 3.8) is 0 Å². The van der Waals surface area contributed by atoms with E-state index in [-0.39, 0.29) is 11.8 Å². The van der Waals surface area contributed by atoms with Gasteiger partial charge in [0.05, 0.1) is 12.3 Å². The molecule has 1 unspecified atom stereocenters. The zero-order chi connectivity index (χ0) is 14.7. The third kappa shape index (κ3) is 2.57. The van der Waals surface area contributed by atoms with Gasteiger partial charge < -0.3 is 14.6 Å². The topological polar surface area (TPSA) is 62.4 Å². The Morgan fingerprint density at radius 3 is 2.90 bits per heavy atom. The molecule has 0 saturated heterocycles. The van der Waals surface area contributed by atoms with E-state index in [1.54, 1.807) is 11.8 Å². The Balaban J connectivity index is 2.39. The number of aromatic amines is 1. The van der Waals surface area contributed by atoms with Crippen molar-refractivity contribution in [1.82, 2.24) is 4.98 Å². The molecule has 5 nitrogen and oxygen atoms in total. The number of H-pyrrole nitrogens is 1. The average molecular weight is 278 g/mol. The first-order valence-corrected chi connectivity index (χ1v) is 7.28. The lowest BCUT2D eigenvalue weighted by atomic mass is 9.93. The molecule has 5 heteroatoms. The molecule has 110 valence electrons. The summed E-state index contributed by atoms with van der Waals surface area (Å²) in [6.07, 6.45) is 4.26. The standard InChI is InChI=1S/C15H22N2O3/c1-4-6-7-17-12(18)8-10(3)11-9-16-13(14(11)17)15(19)20-5-2/h9-10,16H,4-8H2,1-3H3. The van der Waals surface area contributed by atoms with Gasteiger partial charge in [-0.05, 0) is 24.8 Å². The van der Waals surface area contributed by atoms with Crippen LogP contribution in [-0.2, 0) is 9.53 Å². The van der Waals surface area contributed by atoms with Gasteiger partial charge in [0.25, 0.3) is 0 Å². The summed E-state index contributed by atoms with van der Waals surface area (Å²) in [5.41, 5.74) is 2.15. The van der Waals surface area contributed by atoms with Crippen molar-refractivity contribution in [2.75, 3.05) is 18.1 Å². The number of nitrogens with one attached hydrogen (secondary N) is 1. The van der Waals surface area contributed by atoms with Crippen LogP contribution in [0.15, 0.2) is 6.20 Å². The van der Waals surface area contributed by atoms with Gasteiger partial charge in [0.2, 0.25) is 5.91 Å². The van der Waals surface area contributed by atoms with Crippen molar-refractivity contribution in [3.8, 4) is 0 Å². The lowest BCUT2D eigenvalue weighted by Gasteiger charge is -2.31. The molecule has 1 aromatic heterocycles. The van der Waals surface area contributed by atoms with Gasteiger partial charge in [0, 0.05) is 19.2 Å². The second-order valence-corrected chi connectivity index (χ2v) is 5.19. The Labute approximate surface area is 119 Å². The molecule has 2 rings (SSSR count). The zero-order valence-electron chi connectivity index (χ0n) is 12.4. The van der Waals surface area contributed by atoms with Crippen LogP contribution in [0.4, 0.5) is 5.69 Å². The number of rotatable bonds is 5. The van der Waals surface area contributed by atoms with Gasteiger partial charge in [0.15, 0.2) is 0 Å². The molecule has 1 N–H and O–H groups in total. The minimum atomic E-state index is -0.392. The van der Waals surface area contributed by atoms with Crippen molar-refractivity contribution in [1.29, 1.82) is 0 Å². The highest BCUT2D eigenvalue weighted by Gasteiger charge is 2.34. The largest absolute Gasteiger partial charge is 0.461 e. The molecule has 0 aliphatic carbocycles. The lowest BCUT2D eigenvalue weighted by Crippen LogP contribution is -2.37. The number of anilines is 1. The molecule has 1 aliphatic rings. The van der Waals surface area contributed by atoms with Crippen LogP contribution >= 0.6 is 0 Å². The number of carbonyl (C=O) groups excluding carboxylic acids is 2. The van der Waals surface area contributed by atoms with E-state index in [0.717, 1.165) is 24.1 Å². The molecule has 0 radical (unpaired) electrons. The Kier molecular flexibility index (Phi) is 4.47. The summed E-state index contributed by atoms with van der Waals surface area (Å²) in [6, 6.07) is 0. The van der Waals surface area contributed by atoms with Crippen LogP contribution in [0.1, 0.15) is 62.0 Å². The van der Waals surface area contributed by atoms with Crippen molar-refractivity contribution in [2.45, 2.75) is 46.0 Å². The summed E-state index contributed by atoms with van der Waals surface area (Å²) in [4.78, 5) is 29.0. The minimum Gasteiger partial charge on any atom is -0.461 e. The number of ether oxygens (including phenoxy) is 1. The van der Waals surface area contributed by atoms with E-state index in [0.29, 0.717) is 25.3 Å². The molecule has 1 aromatic rings. The van der Waals surface area contributed by atoms with E-state index in [4.69, 9.17) is 4.74 Å². The number of hydrogen-bond donors (Lipinski definition) is 1. The van der Waals surface area contributed by atoms with Gasteiger partial charge >= 0.3 is 5.97 Å². The van der Waals surface area contributed by atoms with Gasteiger partial charge in [-0.2, -0.15) is 0 Å². The first-order chi connectivity index (χ1) is 9.60. The molecule has 1 aliphatic heterocycles. The van der Waals surface area contributed by atoms with Crippen LogP contribution in [0.25, 0.3) is 0 Å². The van der Waals surface area contributed by atoms with Crippen molar-refractivity contribution >= 4 is 17.6 Å². The zero-order valence-corrected chi connectivity index (χ0v) is 12.4. The maximum absolute atomic E-state index is 12.3.